The summed E-state index contributed by atoms with van der Waals surface area (Å²) in [7, 11) is 4.07. The predicted molar refractivity (Wildman–Crippen MR) is 102 cm³/mol. The summed E-state index contributed by atoms with van der Waals surface area (Å²) in [6.07, 6.45) is 0. The molecule has 0 N–H and O–H groups in total. The Morgan fingerprint density at radius 3 is 1.13 bits per heavy atom. The maximum Gasteiger partial charge on any atom is 0.0360 e. The lowest BCUT2D eigenvalue weighted by atomic mass is 10.0. The molecule has 0 aromatic heterocycles. The zero-order chi connectivity index (χ0) is 16.1. The Balaban J connectivity index is 0.000000151. The van der Waals surface area contributed by atoms with E-state index in [9.17, 15) is 0 Å². The molecular formula is C22H21N. The molecule has 0 fully saturated rings. The molecular weight excluding hydrogens is 278 g/mol. The van der Waals surface area contributed by atoms with Gasteiger partial charge in [0, 0.05) is 19.8 Å². The minimum atomic E-state index is 1.25. The van der Waals surface area contributed by atoms with E-state index in [-0.39, 0.29) is 0 Å². The van der Waals surface area contributed by atoms with Crippen LogP contribution in [-0.2, 0) is 0 Å². The third-order valence-electron chi connectivity index (χ3n) is 3.89. The maximum atomic E-state index is 2.24. The molecule has 23 heavy (non-hydrogen) atoms. The van der Waals surface area contributed by atoms with E-state index < -0.39 is 0 Å². The van der Waals surface area contributed by atoms with Gasteiger partial charge in [-0.25, -0.2) is 0 Å². The summed E-state index contributed by atoms with van der Waals surface area (Å²) in [6, 6.07) is 31.7. The fraction of sp³-hybridized carbons (Fsp3) is 0.0909. The highest BCUT2D eigenvalue weighted by Crippen LogP contribution is 2.22. The van der Waals surface area contributed by atoms with Crippen LogP contribution in [0.5, 0.6) is 0 Å². The van der Waals surface area contributed by atoms with Crippen molar-refractivity contribution in [2.24, 2.45) is 0 Å². The molecule has 0 heterocycles. The third-order valence-corrected chi connectivity index (χ3v) is 3.89. The van der Waals surface area contributed by atoms with Crippen LogP contribution in [0.25, 0.3) is 21.5 Å². The molecule has 4 aromatic carbocycles. The van der Waals surface area contributed by atoms with Gasteiger partial charge in [0.25, 0.3) is 0 Å². The van der Waals surface area contributed by atoms with Gasteiger partial charge in [-0.2, -0.15) is 0 Å². The lowest BCUT2D eigenvalue weighted by Crippen LogP contribution is -2.07. The van der Waals surface area contributed by atoms with Crippen molar-refractivity contribution in [3.63, 3.8) is 0 Å². The Morgan fingerprint density at radius 1 is 0.478 bits per heavy atom. The minimum Gasteiger partial charge on any atom is -0.378 e. The van der Waals surface area contributed by atoms with Gasteiger partial charge in [0.2, 0.25) is 0 Å². The molecule has 0 amide bonds. The van der Waals surface area contributed by atoms with Crippen molar-refractivity contribution >= 4 is 27.2 Å². The normalized spacial score (nSPS) is 10.2. The number of hydrogen-bond donors (Lipinski definition) is 0. The van der Waals surface area contributed by atoms with Crippen LogP contribution in [-0.4, -0.2) is 14.1 Å². The Labute approximate surface area is 137 Å². The summed E-state index contributed by atoms with van der Waals surface area (Å²) >= 11 is 0. The second kappa shape index (κ2) is 6.97. The first-order valence-electron chi connectivity index (χ1n) is 7.84. The first kappa shape index (κ1) is 15.1. The largest absolute Gasteiger partial charge is 0.378 e. The standard InChI is InChI=1S/C14H10.C8H11N/c1-2-6-12-10-14-8-4-3-7-13(14)9-11(12)5-1;1-9(2)8-6-4-3-5-7-8/h1-10H;3-7H,1-2H3. The molecule has 1 heteroatoms. The number of hydrogen-bond acceptors (Lipinski definition) is 1. The predicted octanol–water partition coefficient (Wildman–Crippen LogP) is 5.75. The lowest BCUT2D eigenvalue weighted by molar-refractivity contribution is 1.13. The lowest BCUT2D eigenvalue weighted by Gasteiger charge is -2.10. The van der Waals surface area contributed by atoms with E-state index in [0.717, 1.165) is 0 Å². The number of anilines is 1. The second-order valence-corrected chi connectivity index (χ2v) is 5.78. The summed E-state index contributed by atoms with van der Waals surface area (Å²) in [6.45, 7) is 0. The Bertz CT molecular complexity index is 790. The van der Waals surface area contributed by atoms with Crippen LogP contribution in [0.1, 0.15) is 0 Å². The molecule has 0 atom stereocenters. The van der Waals surface area contributed by atoms with E-state index >= 15 is 0 Å². The number of benzene rings is 4. The number of fused-ring (bicyclic) bond motifs is 2. The van der Waals surface area contributed by atoms with Gasteiger partial charge in [0.05, 0.1) is 0 Å². The van der Waals surface area contributed by atoms with Gasteiger partial charge in [-0.05, 0) is 45.8 Å². The van der Waals surface area contributed by atoms with Gasteiger partial charge in [-0.3, -0.25) is 0 Å². The van der Waals surface area contributed by atoms with Gasteiger partial charge in [-0.15, -0.1) is 0 Å². The average molecular weight is 299 g/mol. The molecule has 1 nitrogen and oxygen atoms in total. The zero-order valence-corrected chi connectivity index (χ0v) is 13.6. The van der Waals surface area contributed by atoms with Crippen molar-refractivity contribution in [3.05, 3.63) is 91.0 Å². The van der Waals surface area contributed by atoms with Crippen LogP contribution in [0.2, 0.25) is 0 Å². The quantitative estimate of drug-likeness (QED) is 0.405. The van der Waals surface area contributed by atoms with E-state index in [0.29, 0.717) is 0 Å². The van der Waals surface area contributed by atoms with Gasteiger partial charge in [0.15, 0.2) is 0 Å². The summed E-state index contributed by atoms with van der Waals surface area (Å²) < 4.78 is 0. The van der Waals surface area contributed by atoms with Gasteiger partial charge < -0.3 is 4.90 Å². The van der Waals surface area contributed by atoms with Crippen molar-refractivity contribution in [1.82, 2.24) is 0 Å². The third kappa shape index (κ3) is 3.70. The SMILES string of the molecule is CN(C)c1ccccc1.c1ccc2cc3ccccc3cc2c1. The summed E-state index contributed by atoms with van der Waals surface area (Å²) in [4.78, 5) is 2.08. The van der Waals surface area contributed by atoms with E-state index in [2.05, 4.69) is 77.7 Å². The van der Waals surface area contributed by atoms with E-state index in [1.165, 1.54) is 27.2 Å². The first-order chi connectivity index (χ1) is 11.2. The van der Waals surface area contributed by atoms with Crippen molar-refractivity contribution in [2.75, 3.05) is 19.0 Å². The topological polar surface area (TPSA) is 3.24 Å². The molecule has 0 aliphatic heterocycles. The molecule has 4 aromatic rings. The number of para-hydroxylation sites is 1. The summed E-state index contributed by atoms with van der Waals surface area (Å²) in [5.41, 5.74) is 1.25. The van der Waals surface area contributed by atoms with Crippen molar-refractivity contribution in [1.29, 1.82) is 0 Å². The molecule has 0 radical (unpaired) electrons. The minimum absolute atomic E-state index is 1.25. The molecule has 0 unspecified atom stereocenters. The maximum absolute atomic E-state index is 2.24. The highest BCUT2D eigenvalue weighted by molar-refractivity contribution is 5.98. The zero-order valence-electron chi connectivity index (χ0n) is 13.6. The van der Waals surface area contributed by atoms with Crippen LogP contribution >= 0.6 is 0 Å². The summed E-state index contributed by atoms with van der Waals surface area (Å²) in [5.74, 6) is 0. The van der Waals surface area contributed by atoms with Crippen LogP contribution in [0.15, 0.2) is 91.0 Å². The van der Waals surface area contributed by atoms with Crippen LogP contribution in [0.4, 0.5) is 5.69 Å². The molecule has 0 spiro atoms. The van der Waals surface area contributed by atoms with Crippen molar-refractivity contribution < 1.29 is 0 Å². The number of nitrogens with zero attached hydrogens (tertiary/aromatic N) is 1. The van der Waals surface area contributed by atoms with E-state index in [1.54, 1.807) is 0 Å². The Morgan fingerprint density at radius 2 is 0.826 bits per heavy atom. The smallest absolute Gasteiger partial charge is 0.0360 e. The van der Waals surface area contributed by atoms with E-state index in [4.69, 9.17) is 0 Å². The number of rotatable bonds is 1. The molecule has 0 saturated heterocycles. The fourth-order valence-corrected chi connectivity index (χ4v) is 2.61. The van der Waals surface area contributed by atoms with Gasteiger partial charge in [-0.1, -0.05) is 66.7 Å². The summed E-state index contributed by atoms with van der Waals surface area (Å²) in [5, 5.41) is 5.25. The average Bonchev–Trinajstić information content (AvgIpc) is 2.61. The van der Waals surface area contributed by atoms with E-state index in [1.807, 2.05) is 32.3 Å². The highest BCUT2D eigenvalue weighted by atomic mass is 15.1. The highest BCUT2D eigenvalue weighted by Gasteiger charge is 1.95. The van der Waals surface area contributed by atoms with Crippen molar-refractivity contribution in [3.8, 4) is 0 Å². The molecule has 0 bridgehead atoms. The molecule has 4 rings (SSSR count). The Kier molecular flexibility index (Phi) is 4.58. The van der Waals surface area contributed by atoms with Crippen molar-refractivity contribution in [2.45, 2.75) is 0 Å². The molecule has 0 aliphatic rings. The van der Waals surface area contributed by atoms with Crippen LogP contribution < -0.4 is 4.90 Å². The first-order valence-corrected chi connectivity index (χ1v) is 7.84. The molecule has 0 aliphatic carbocycles. The van der Waals surface area contributed by atoms with Crippen LogP contribution in [0, 0.1) is 0 Å². The van der Waals surface area contributed by atoms with Crippen LogP contribution in [0.3, 0.4) is 0 Å². The molecule has 114 valence electrons. The monoisotopic (exact) mass is 299 g/mol. The molecule has 0 saturated carbocycles. The second-order valence-electron chi connectivity index (χ2n) is 5.78. The van der Waals surface area contributed by atoms with Gasteiger partial charge in [0.1, 0.15) is 0 Å². The van der Waals surface area contributed by atoms with Gasteiger partial charge >= 0.3 is 0 Å². The fourth-order valence-electron chi connectivity index (χ4n) is 2.61. The Hall–Kier alpha value is -2.80.